The summed E-state index contributed by atoms with van der Waals surface area (Å²) in [6.45, 7) is 4.33. The summed E-state index contributed by atoms with van der Waals surface area (Å²) in [5, 5.41) is 13.2. The first-order valence-electron chi connectivity index (χ1n) is 7.17. The molecule has 0 radical (unpaired) electrons. The molecule has 1 aromatic rings. The Morgan fingerprint density at radius 3 is 2.74 bits per heavy atom. The van der Waals surface area contributed by atoms with E-state index in [1.165, 1.54) is 24.8 Å². The monoisotopic (exact) mass is 324 g/mol. The summed E-state index contributed by atoms with van der Waals surface area (Å²) in [6, 6.07) is 6.09. The van der Waals surface area contributed by atoms with Crippen molar-refractivity contribution < 1.29 is 5.11 Å². The Kier molecular flexibility index (Phi) is 4.10. The average molecular weight is 325 g/mol. The van der Waals surface area contributed by atoms with E-state index < -0.39 is 0 Å². The number of nitrogens with zero attached hydrogens (tertiary/aromatic N) is 1. The number of halogens is 1. The van der Waals surface area contributed by atoms with Gasteiger partial charge < -0.3 is 10.4 Å². The van der Waals surface area contributed by atoms with Crippen molar-refractivity contribution in [3.05, 3.63) is 28.2 Å². The van der Waals surface area contributed by atoms with Crippen LogP contribution in [0, 0.1) is 5.92 Å². The summed E-state index contributed by atoms with van der Waals surface area (Å²) in [5.41, 5.74) is 1.24. The van der Waals surface area contributed by atoms with Crippen molar-refractivity contribution in [1.29, 1.82) is 0 Å². The van der Waals surface area contributed by atoms with Crippen LogP contribution in [0.3, 0.4) is 0 Å². The summed E-state index contributed by atoms with van der Waals surface area (Å²) in [7, 11) is 0. The third-order valence-electron chi connectivity index (χ3n) is 4.18. The van der Waals surface area contributed by atoms with Crippen LogP contribution in [-0.4, -0.2) is 36.2 Å². The number of phenolic OH excluding ortho intramolecular Hbond substituents is 1. The van der Waals surface area contributed by atoms with E-state index in [0.717, 1.165) is 36.6 Å². The van der Waals surface area contributed by atoms with Crippen molar-refractivity contribution in [2.24, 2.45) is 5.92 Å². The maximum atomic E-state index is 9.78. The number of hydrogen-bond acceptors (Lipinski definition) is 3. The van der Waals surface area contributed by atoms with Crippen molar-refractivity contribution in [3.63, 3.8) is 0 Å². The van der Waals surface area contributed by atoms with Crippen LogP contribution in [0.2, 0.25) is 0 Å². The number of aromatic hydroxyl groups is 1. The minimum absolute atomic E-state index is 0.370. The van der Waals surface area contributed by atoms with Gasteiger partial charge in [-0.2, -0.15) is 0 Å². The normalized spacial score (nSPS) is 22.4. The molecule has 2 N–H and O–H groups in total. The van der Waals surface area contributed by atoms with E-state index in [2.05, 4.69) is 26.1 Å². The van der Waals surface area contributed by atoms with Crippen LogP contribution in [0.1, 0.15) is 30.9 Å². The van der Waals surface area contributed by atoms with Gasteiger partial charge in [-0.25, -0.2) is 0 Å². The third-order valence-corrected chi connectivity index (χ3v) is 4.91. The van der Waals surface area contributed by atoms with Crippen molar-refractivity contribution in [2.45, 2.75) is 25.3 Å². The molecule has 3 rings (SSSR count). The van der Waals surface area contributed by atoms with Gasteiger partial charge in [-0.1, -0.05) is 28.8 Å². The van der Waals surface area contributed by atoms with E-state index >= 15 is 0 Å². The molecule has 1 aromatic carbocycles. The van der Waals surface area contributed by atoms with Crippen LogP contribution < -0.4 is 5.32 Å². The summed E-state index contributed by atoms with van der Waals surface area (Å²) >= 11 is 3.65. The molecule has 1 aliphatic carbocycles. The molecule has 0 spiro atoms. The fourth-order valence-electron chi connectivity index (χ4n) is 2.92. The average Bonchev–Trinajstić information content (AvgIpc) is 3.24. The van der Waals surface area contributed by atoms with E-state index in [9.17, 15) is 5.11 Å². The highest BCUT2D eigenvalue weighted by Gasteiger charge is 2.31. The molecule has 1 aliphatic heterocycles. The number of hydrogen-bond donors (Lipinski definition) is 2. The molecule has 0 amide bonds. The largest absolute Gasteiger partial charge is 0.508 e. The molecule has 0 unspecified atom stereocenters. The Balaban J connectivity index is 1.85. The van der Waals surface area contributed by atoms with E-state index in [1.807, 2.05) is 12.1 Å². The highest BCUT2D eigenvalue weighted by atomic mass is 79.9. The molecule has 4 heteroatoms. The first-order valence-corrected chi connectivity index (χ1v) is 7.96. The topological polar surface area (TPSA) is 35.5 Å². The first kappa shape index (κ1) is 13.4. The smallest absolute Gasteiger partial charge is 0.115 e. The van der Waals surface area contributed by atoms with Crippen molar-refractivity contribution in [3.8, 4) is 5.75 Å². The molecule has 1 saturated carbocycles. The molecule has 0 bridgehead atoms. The van der Waals surface area contributed by atoms with Crippen molar-refractivity contribution >= 4 is 15.9 Å². The van der Waals surface area contributed by atoms with Gasteiger partial charge in [0.2, 0.25) is 0 Å². The lowest BCUT2D eigenvalue weighted by atomic mass is 9.98. The van der Waals surface area contributed by atoms with Crippen LogP contribution >= 0.6 is 15.9 Å². The number of benzene rings is 1. The minimum Gasteiger partial charge on any atom is -0.508 e. The van der Waals surface area contributed by atoms with Gasteiger partial charge in [0, 0.05) is 36.7 Å². The zero-order valence-corrected chi connectivity index (χ0v) is 12.7. The van der Waals surface area contributed by atoms with Gasteiger partial charge >= 0.3 is 0 Å². The number of nitrogens with one attached hydrogen (secondary N) is 1. The van der Waals surface area contributed by atoms with Gasteiger partial charge in [0.1, 0.15) is 5.75 Å². The molecule has 0 aromatic heterocycles. The third kappa shape index (κ3) is 3.30. The van der Waals surface area contributed by atoms with E-state index in [4.69, 9.17) is 0 Å². The SMILES string of the molecule is Oc1ccc(Br)c([C@H](CC2CC2)N2CCNCC2)c1. The molecule has 2 aliphatic rings. The van der Waals surface area contributed by atoms with E-state index in [-0.39, 0.29) is 0 Å². The van der Waals surface area contributed by atoms with Gasteiger partial charge in [0.15, 0.2) is 0 Å². The summed E-state index contributed by atoms with van der Waals surface area (Å²) < 4.78 is 1.12. The first-order chi connectivity index (χ1) is 9.24. The summed E-state index contributed by atoms with van der Waals surface area (Å²) in [5.74, 6) is 1.25. The standard InChI is InChI=1S/C15H21BrN2O/c16-14-4-3-12(19)10-13(14)15(9-11-1-2-11)18-7-5-17-6-8-18/h3-4,10-11,15,17,19H,1-2,5-9H2/t15-/m0/s1. The van der Waals surface area contributed by atoms with Gasteiger partial charge in [-0.3, -0.25) is 4.90 Å². The Bertz CT molecular complexity index is 442. The van der Waals surface area contributed by atoms with E-state index in [1.54, 1.807) is 6.07 Å². The molecule has 1 heterocycles. The predicted octanol–water partition coefficient (Wildman–Crippen LogP) is 2.90. The Morgan fingerprint density at radius 2 is 2.05 bits per heavy atom. The highest BCUT2D eigenvalue weighted by Crippen LogP contribution is 2.42. The number of phenols is 1. The molecule has 1 saturated heterocycles. The Hall–Kier alpha value is -0.580. The quantitative estimate of drug-likeness (QED) is 0.893. The second-order valence-corrected chi connectivity index (χ2v) is 6.54. The second kappa shape index (κ2) is 5.81. The lowest BCUT2D eigenvalue weighted by molar-refractivity contribution is 0.160. The van der Waals surface area contributed by atoms with E-state index in [0.29, 0.717) is 11.8 Å². The van der Waals surface area contributed by atoms with Crippen LogP contribution in [-0.2, 0) is 0 Å². The van der Waals surface area contributed by atoms with Crippen LogP contribution in [0.15, 0.2) is 22.7 Å². The number of piperazine rings is 1. The molecule has 3 nitrogen and oxygen atoms in total. The maximum absolute atomic E-state index is 9.78. The van der Waals surface area contributed by atoms with Crippen molar-refractivity contribution in [2.75, 3.05) is 26.2 Å². The summed E-state index contributed by atoms with van der Waals surface area (Å²) in [6.07, 6.45) is 3.97. The predicted molar refractivity (Wildman–Crippen MR) is 80.3 cm³/mol. The summed E-state index contributed by atoms with van der Waals surface area (Å²) in [4.78, 5) is 2.56. The fourth-order valence-corrected chi connectivity index (χ4v) is 3.43. The number of rotatable bonds is 4. The lowest BCUT2D eigenvalue weighted by Gasteiger charge is -2.36. The Morgan fingerprint density at radius 1 is 1.32 bits per heavy atom. The van der Waals surface area contributed by atoms with Gasteiger partial charge in [-0.05, 0) is 36.1 Å². The fraction of sp³-hybridized carbons (Fsp3) is 0.600. The zero-order chi connectivity index (χ0) is 13.2. The van der Waals surface area contributed by atoms with Gasteiger partial charge in [0.05, 0.1) is 0 Å². The van der Waals surface area contributed by atoms with Gasteiger partial charge in [0.25, 0.3) is 0 Å². The molecule has 1 atom stereocenters. The maximum Gasteiger partial charge on any atom is 0.115 e. The lowest BCUT2D eigenvalue weighted by Crippen LogP contribution is -2.45. The van der Waals surface area contributed by atoms with Crippen LogP contribution in [0.5, 0.6) is 5.75 Å². The highest BCUT2D eigenvalue weighted by molar-refractivity contribution is 9.10. The van der Waals surface area contributed by atoms with Gasteiger partial charge in [-0.15, -0.1) is 0 Å². The minimum atomic E-state index is 0.370. The molecule has 104 valence electrons. The zero-order valence-electron chi connectivity index (χ0n) is 11.1. The van der Waals surface area contributed by atoms with Crippen molar-refractivity contribution in [1.82, 2.24) is 10.2 Å². The molecular weight excluding hydrogens is 304 g/mol. The van der Waals surface area contributed by atoms with Crippen LogP contribution in [0.25, 0.3) is 0 Å². The molecular formula is C15H21BrN2O. The molecule has 2 fully saturated rings. The van der Waals surface area contributed by atoms with Crippen LogP contribution in [0.4, 0.5) is 0 Å². The molecule has 19 heavy (non-hydrogen) atoms. The Labute approximate surface area is 123 Å². The second-order valence-electron chi connectivity index (χ2n) is 5.69.